The Morgan fingerprint density at radius 3 is 2.76 bits per heavy atom. The van der Waals surface area contributed by atoms with Gasteiger partial charge in [-0.3, -0.25) is 4.79 Å². The quantitative estimate of drug-likeness (QED) is 0.929. The Bertz CT molecular complexity index is 550. The average Bonchev–Trinajstić information content (AvgIpc) is 3.21. The van der Waals surface area contributed by atoms with E-state index in [-0.39, 0.29) is 5.92 Å². The third kappa shape index (κ3) is 2.26. The largest absolute Gasteiger partial charge is 0.481 e. The van der Waals surface area contributed by atoms with Crippen LogP contribution in [0.15, 0.2) is 0 Å². The summed E-state index contributed by atoms with van der Waals surface area (Å²) in [7, 11) is 0. The van der Waals surface area contributed by atoms with Gasteiger partial charge in [0.05, 0.1) is 5.69 Å². The summed E-state index contributed by atoms with van der Waals surface area (Å²) < 4.78 is 0. The first-order valence-electron chi connectivity index (χ1n) is 8.23. The first-order valence-corrected chi connectivity index (χ1v) is 9.04. The molecular weight excluding hydrogens is 284 g/mol. The van der Waals surface area contributed by atoms with Crippen molar-refractivity contribution in [1.82, 2.24) is 4.98 Å². The number of thiazole rings is 1. The lowest BCUT2D eigenvalue weighted by molar-refractivity contribution is -0.138. The van der Waals surface area contributed by atoms with Gasteiger partial charge in [0.25, 0.3) is 0 Å². The van der Waals surface area contributed by atoms with Gasteiger partial charge in [-0.1, -0.05) is 12.8 Å². The molecule has 4 rings (SSSR count). The fourth-order valence-corrected chi connectivity index (χ4v) is 5.66. The normalized spacial score (nSPS) is 29.2. The van der Waals surface area contributed by atoms with Crippen molar-refractivity contribution in [3.05, 3.63) is 10.6 Å². The fourth-order valence-electron chi connectivity index (χ4n) is 4.44. The number of aryl methyl sites for hydroxylation is 1. The van der Waals surface area contributed by atoms with Crippen LogP contribution in [-0.2, 0) is 11.2 Å². The minimum atomic E-state index is -0.709. The van der Waals surface area contributed by atoms with Crippen LogP contribution in [0.3, 0.4) is 0 Å². The van der Waals surface area contributed by atoms with Gasteiger partial charge in [0, 0.05) is 17.5 Å². The highest BCUT2D eigenvalue weighted by molar-refractivity contribution is 7.15. The number of fused-ring (bicyclic) bond motifs is 1. The Morgan fingerprint density at radius 1 is 1.19 bits per heavy atom. The summed E-state index contributed by atoms with van der Waals surface area (Å²) in [4.78, 5) is 19.8. The lowest BCUT2D eigenvalue weighted by atomic mass is 9.96. The molecule has 0 aromatic carbocycles. The lowest BCUT2D eigenvalue weighted by Crippen LogP contribution is -2.34. The molecule has 1 aliphatic heterocycles. The highest BCUT2D eigenvalue weighted by Gasteiger charge is 2.38. The topological polar surface area (TPSA) is 53.4 Å². The molecule has 21 heavy (non-hydrogen) atoms. The SMILES string of the molecule is O=C(O)C1CCc2sc(N3CCCC3C3CCCC3)nc21. The molecule has 1 aromatic rings. The van der Waals surface area contributed by atoms with Gasteiger partial charge in [-0.05, 0) is 44.4 Å². The van der Waals surface area contributed by atoms with E-state index in [0.717, 1.165) is 36.1 Å². The number of hydrogen-bond donors (Lipinski definition) is 1. The van der Waals surface area contributed by atoms with Crippen LogP contribution in [0.4, 0.5) is 5.13 Å². The van der Waals surface area contributed by atoms with E-state index < -0.39 is 5.97 Å². The molecule has 5 heteroatoms. The van der Waals surface area contributed by atoms with E-state index in [0.29, 0.717) is 6.04 Å². The third-order valence-corrected chi connectivity index (χ3v) is 6.66. The number of rotatable bonds is 3. The molecule has 2 aliphatic carbocycles. The molecule has 2 fully saturated rings. The van der Waals surface area contributed by atoms with Gasteiger partial charge in [0.1, 0.15) is 5.92 Å². The van der Waals surface area contributed by atoms with Crippen molar-refractivity contribution in [2.75, 3.05) is 11.4 Å². The third-order valence-electron chi connectivity index (χ3n) is 5.49. The maximum absolute atomic E-state index is 11.3. The van der Waals surface area contributed by atoms with Crippen LogP contribution >= 0.6 is 11.3 Å². The van der Waals surface area contributed by atoms with Crippen molar-refractivity contribution in [3.8, 4) is 0 Å². The molecule has 2 atom stereocenters. The maximum atomic E-state index is 11.3. The van der Waals surface area contributed by atoms with Gasteiger partial charge in [-0.15, -0.1) is 11.3 Å². The summed E-state index contributed by atoms with van der Waals surface area (Å²) in [6, 6.07) is 0.655. The maximum Gasteiger partial charge on any atom is 0.312 e. The van der Waals surface area contributed by atoms with Crippen LogP contribution in [0.5, 0.6) is 0 Å². The summed E-state index contributed by atoms with van der Waals surface area (Å²) in [6.45, 7) is 1.10. The second kappa shape index (κ2) is 5.27. The van der Waals surface area contributed by atoms with Gasteiger partial charge in [-0.25, -0.2) is 4.98 Å². The molecule has 0 radical (unpaired) electrons. The zero-order valence-electron chi connectivity index (χ0n) is 12.3. The molecule has 2 heterocycles. The van der Waals surface area contributed by atoms with E-state index in [1.54, 1.807) is 11.3 Å². The molecule has 0 spiro atoms. The molecule has 0 amide bonds. The number of carboxylic acid groups (broad SMARTS) is 1. The average molecular weight is 306 g/mol. The first-order chi connectivity index (χ1) is 10.2. The molecule has 4 nitrogen and oxygen atoms in total. The minimum absolute atomic E-state index is 0.363. The van der Waals surface area contributed by atoms with E-state index >= 15 is 0 Å². The van der Waals surface area contributed by atoms with Crippen LogP contribution in [0.2, 0.25) is 0 Å². The zero-order chi connectivity index (χ0) is 14.4. The minimum Gasteiger partial charge on any atom is -0.481 e. The molecule has 1 N–H and O–H groups in total. The van der Waals surface area contributed by atoms with Gasteiger partial charge in [-0.2, -0.15) is 0 Å². The van der Waals surface area contributed by atoms with Crippen LogP contribution in [0.1, 0.15) is 61.4 Å². The van der Waals surface area contributed by atoms with E-state index in [9.17, 15) is 9.90 Å². The van der Waals surface area contributed by atoms with Crippen LogP contribution in [-0.4, -0.2) is 28.6 Å². The van der Waals surface area contributed by atoms with E-state index in [1.165, 1.54) is 43.4 Å². The van der Waals surface area contributed by atoms with Gasteiger partial charge in [0.15, 0.2) is 5.13 Å². The van der Waals surface area contributed by atoms with Gasteiger partial charge < -0.3 is 10.0 Å². The van der Waals surface area contributed by atoms with Gasteiger partial charge in [0.2, 0.25) is 0 Å². The fraction of sp³-hybridized carbons (Fsp3) is 0.750. The number of aliphatic carboxylic acids is 1. The Labute approximate surface area is 129 Å². The molecular formula is C16H22N2O2S. The predicted molar refractivity (Wildman–Crippen MR) is 83.1 cm³/mol. The van der Waals surface area contributed by atoms with Crippen LogP contribution < -0.4 is 4.90 Å². The molecule has 0 bridgehead atoms. The highest BCUT2D eigenvalue weighted by atomic mass is 32.1. The van der Waals surface area contributed by atoms with Crippen molar-refractivity contribution in [1.29, 1.82) is 0 Å². The number of carbonyl (C=O) groups is 1. The second-order valence-corrected chi connectivity index (χ2v) is 7.74. The number of nitrogens with zero attached hydrogens (tertiary/aromatic N) is 2. The smallest absolute Gasteiger partial charge is 0.312 e. The standard InChI is InChI=1S/C16H22N2O2S/c19-15(20)11-7-8-13-14(11)17-16(21-13)18-9-3-6-12(18)10-4-1-2-5-10/h10-12H,1-9H2,(H,19,20). The summed E-state index contributed by atoms with van der Waals surface area (Å²) in [5.74, 6) is -0.238. The van der Waals surface area contributed by atoms with Crippen molar-refractivity contribution in [3.63, 3.8) is 0 Å². The molecule has 1 saturated heterocycles. The first kappa shape index (κ1) is 13.6. The molecule has 114 valence electrons. The summed E-state index contributed by atoms with van der Waals surface area (Å²) in [6.07, 6.45) is 9.66. The zero-order valence-corrected chi connectivity index (χ0v) is 13.1. The van der Waals surface area contributed by atoms with Crippen molar-refractivity contribution < 1.29 is 9.90 Å². The summed E-state index contributed by atoms with van der Waals surface area (Å²) in [5, 5.41) is 10.4. The highest BCUT2D eigenvalue weighted by Crippen LogP contribution is 2.43. The number of aromatic nitrogens is 1. The predicted octanol–water partition coefficient (Wildman–Crippen LogP) is 3.42. The Kier molecular flexibility index (Phi) is 3.40. The molecule has 3 aliphatic rings. The van der Waals surface area contributed by atoms with Crippen molar-refractivity contribution in [2.24, 2.45) is 5.92 Å². The van der Waals surface area contributed by atoms with Crippen LogP contribution in [0.25, 0.3) is 0 Å². The summed E-state index contributed by atoms with van der Waals surface area (Å²) >= 11 is 1.75. The Balaban J connectivity index is 1.59. The number of carboxylic acids is 1. The Hall–Kier alpha value is -1.10. The molecule has 1 saturated carbocycles. The number of hydrogen-bond acceptors (Lipinski definition) is 4. The Morgan fingerprint density at radius 2 is 2.00 bits per heavy atom. The van der Waals surface area contributed by atoms with E-state index in [1.807, 2.05) is 0 Å². The van der Waals surface area contributed by atoms with E-state index in [4.69, 9.17) is 4.98 Å². The van der Waals surface area contributed by atoms with Crippen molar-refractivity contribution >= 4 is 22.4 Å². The lowest BCUT2D eigenvalue weighted by Gasteiger charge is -2.29. The number of anilines is 1. The monoisotopic (exact) mass is 306 g/mol. The van der Waals surface area contributed by atoms with Crippen molar-refractivity contribution in [2.45, 2.75) is 63.3 Å². The summed E-state index contributed by atoms with van der Waals surface area (Å²) in [5.41, 5.74) is 0.861. The van der Waals surface area contributed by atoms with E-state index in [2.05, 4.69) is 4.90 Å². The molecule has 2 unspecified atom stereocenters. The second-order valence-electron chi connectivity index (χ2n) is 6.68. The molecule has 1 aromatic heterocycles. The van der Waals surface area contributed by atoms with Crippen LogP contribution in [0, 0.1) is 5.92 Å². The van der Waals surface area contributed by atoms with Gasteiger partial charge >= 0.3 is 5.97 Å².